The molecule has 0 atom stereocenters. The van der Waals surface area contributed by atoms with Crippen molar-refractivity contribution in [3.05, 3.63) is 41.1 Å². The standard InChI is InChI=1S/C14H13F3N2O/c1-8-7-9(5-6-12(18)20)19-13-10(8)3-2-4-11(13)14(15,16)17/h2-4,7H,5-6H2,1H3,(H2,18,20). The molecule has 1 aromatic heterocycles. The fourth-order valence-electron chi connectivity index (χ4n) is 2.09. The second-order valence-electron chi connectivity index (χ2n) is 4.60. The number of hydrogen-bond donors (Lipinski definition) is 1. The van der Waals surface area contributed by atoms with Crippen molar-refractivity contribution >= 4 is 16.8 Å². The molecule has 20 heavy (non-hydrogen) atoms. The molecule has 0 unspecified atom stereocenters. The molecule has 0 aliphatic heterocycles. The third kappa shape index (κ3) is 2.89. The monoisotopic (exact) mass is 282 g/mol. The molecule has 106 valence electrons. The Morgan fingerprint density at radius 2 is 2.05 bits per heavy atom. The Labute approximate surface area is 113 Å². The van der Waals surface area contributed by atoms with Crippen LogP contribution in [0, 0.1) is 6.92 Å². The van der Waals surface area contributed by atoms with Gasteiger partial charge in [-0.15, -0.1) is 0 Å². The average molecular weight is 282 g/mol. The molecule has 0 saturated carbocycles. The van der Waals surface area contributed by atoms with Crippen molar-refractivity contribution in [3.8, 4) is 0 Å². The SMILES string of the molecule is Cc1cc(CCC(N)=O)nc2c(C(F)(F)F)cccc12. The van der Waals surface area contributed by atoms with E-state index in [0.29, 0.717) is 16.6 Å². The molecule has 1 amide bonds. The van der Waals surface area contributed by atoms with Gasteiger partial charge in [0.15, 0.2) is 0 Å². The Bertz CT molecular complexity index is 665. The van der Waals surface area contributed by atoms with Gasteiger partial charge < -0.3 is 5.73 Å². The van der Waals surface area contributed by atoms with E-state index in [4.69, 9.17) is 5.73 Å². The lowest BCUT2D eigenvalue weighted by Gasteiger charge is -2.12. The number of halogens is 3. The number of rotatable bonds is 3. The van der Waals surface area contributed by atoms with Crippen LogP contribution in [0.2, 0.25) is 0 Å². The summed E-state index contributed by atoms with van der Waals surface area (Å²) in [5.74, 6) is -0.506. The largest absolute Gasteiger partial charge is 0.418 e. The van der Waals surface area contributed by atoms with Gasteiger partial charge in [-0.05, 0) is 31.0 Å². The maximum absolute atomic E-state index is 13.0. The first-order valence-electron chi connectivity index (χ1n) is 6.04. The van der Waals surface area contributed by atoms with Gasteiger partial charge in [0.25, 0.3) is 0 Å². The lowest BCUT2D eigenvalue weighted by Crippen LogP contribution is -2.12. The van der Waals surface area contributed by atoms with Crippen LogP contribution in [0.4, 0.5) is 13.2 Å². The summed E-state index contributed by atoms with van der Waals surface area (Å²) in [6.07, 6.45) is -4.16. The third-order valence-electron chi connectivity index (χ3n) is 3.03. The predicted octanol–water partition coefficient (Wildman–Crippen LogP) is 2.98. The number of fused-ring (bicyclic) bond motifs is 1. The van der Waals surface area contributed by atoms with Gasteiger partial charge in [-0.1, -0.05) is 12.1 Å². The molecule has 1 aromatic carbocycles. The molecule has 0 saturated heterocycles. The highest BCUT2D eigenvalue weighted by molar-refractivity contribution is 5.85. The number of pyridine rings is 1. The van der Waals surface area contributed by atoms with Gasteiger partial charge in [-0.25, -0.2) is 0 Å². The van der Waals surface area contributed by atoms with Crippen LogP contribution in [-0.4, -0.2) is 10.9 Å². The van der Waals surface area contributed by atoms with E-state index in [1.165, 1.54) is 6.07 Å². The van der Waals surface area contributed by atoms with E-state index in [1.807, 2.05) is 0 Å². The molecule has 0 spiro atoms. The van der Waals surface area contributed by atoms with E-state index in [0.717, 1.165) is 6.07 Å². The van der Waals surface area contributed by atoms with Gasteiger partial charge in [-0.2, -0.15) is 13.2 Å². The van der Waals surface area contributed by atoms with E-state index in [2.05, 4.69) is 4.98 Å². The van der Waals surface area contributed by atoms with Crippen molar-refractivity contribution in [2.75, 3.05) is 0 Å². The van der Waals surface area contributed by atoms with Crippen LogP contribution in [0.25, 0.3) is 10.9 Å². The van der Waals surface area contributed by atoms with Gasteiger partial charge in [0, 0.05) is 17.5 Å². The molecule has 0 radical (unpaired) electrons. The molecular weight excluding hydrogens is 269 g/mol. The summed E-state index contributed by atoms with van der Waals surface area (Å²) >= 11 is 0. The molecular formula is C14H13F3N2O. The zero-order valence-electron chi connectivity index (χ0n) is 10.8. The molecule has 0 aliphatic rings. The first-order valence-corrected chi connectivity index (χ1v) is 6.04. The highest BCUT2D eigenvalue weighted by Gasteiger charge is 2.33. The van der Waals surface area contributed by atoms with Crippen molar-refractivity contribution in [1.29, 1.82) is 0 Å². The molecule has 0 bridgehead atoms. The summed E-state index contributed by atoms with van der Waals surface area (Å²) in [5.41, 5.74) is 5.33. The predicted molar refractivity (Wildman–Crippen MR) is 69.0 cm³/mol. The summed E-state index contributed by atoms with van der Waals surface area (Å²) < 4.78 is 38.9. The summed E-state index contributed by atoms with van der Waals surface area (Å²) in [6, 6.07) is 5.66. The van der Waals surface area contributed by atoms with Crippen molar-refractivity contribution in [2.24, 2.45) is 5.73 Å². The number of para-hydroxylation sites is 1. The van der Waals surface area contributed by atoms with Gasteiger partial charge >= 0.3 is 6.18 Å². The normalized spacial score (nSPS) is 11.8. The van der Waals surface area contributed by atoms with Crippen LogP contribution >= 0.6 is 0 Å². The van der Waals surface area contributed by atoms with Crippen molar-refractivity contribution in [3.63, 3.8) is 0 Å². The number of aromatic nitrogens is 1. The fourth-order valence-corrected chi connectivity index (χ4v) is 2.09. The van der Waals surface area contributed by atoms with Crippen molar-refractivity contribution in [2.45, 2.75) is 25.9 Å². The molecule has 2 aromatic rings. The minimum absolute atomic E-state index is 0.0616. The van der Waals surface area contributed by atoms with Gasteiger partial charge in [-0.3, -0.25) is 9.78 Å². The topological polar surface area (TPSA) is 56.0 Å². The minimum Gasteiger partial charge on any atom is -0.370 e. The lowest BCUT2D eigenvalue weighted by atomic mass is 10.0. The average Bonchev–Trinajstić information content (AvgIpc) is 2.34. The second-order valence-corrected chi connectivity index (χ2v) is 4.60. The summed E-state index contributed by atoms with van der Waals surface area (Å²) in [7, 11) is 0. The number of carbonyl (C=O) groups excluding carboxylic acids is 1. The first kappa shape index (κ1) is 14.3. The number of primary amides is 1. The zero-order chi connectivity index (χ0) is 14.9. The van der Waals surface area contributed by atoms with E-state index in [-0.39, 0.29) is 18.4 Å². The van der Waals surface area contributed by atoms with Crippen LogP contribution in [0.15, 0.2) is 24.3 Å². The van der Waals surface area contributed by atoms with Crippen LogP contribution in [0.1, 0.15) is 23.2 Å². The number of nitrogens with zero attached hydrogens (tertiary/aromatic N) is 1. The van der Waals surface area contributed by atoms with E-state index in [9.17, 15) is 18.0 Å². The molecule has 3 nitrogen and oxygen atoms in total. The minimum atomic E-state index is -4.46. The number of carbonyl (C=O) groups is 1. The molecule has 1 heterocycles. The van der Waals surface area contributed by atoms with Crippen LogP contribution in [0.3, 0.4) is 0 Å². The van der Waals surface area contributed by atoms with Gasteiger partial charge in [0.2, 0.25) is 5.91 Å². The molecule has 0 aliphatic carbocycles. The van der Waals surface area contributed by atoms with Crippen LogP contribution in [0.5, 0.6) is 0 Å². The molecule has 6 heteroatoms. The fraction of sp³-hybridized carbons (Fsp3) is 0.286. The lowest BCUT2D eigenvalue weighted by molar-refractivity contribution is -0.136. The maximum Gasteiger partial charge on any atom is 0.418 e. The molecule has 2 rings (SSSR count). The smallest absolute Gasteiger partial charge is 0.370 e. The first-order chi connectivity index (χ1) is 9.29. The Kier molecular flexibility index (Phi) is 3.65. The van der Waals surface area contributed by atoms with Gasteiger partial charge in [0.05, 0.1) is 11.1 Å². The molecule has 2 N–H and O–H groups in total. The summed E-state index contributed by atoms with van der Waals surface area (Å²) in [4.78, 5) is 14.8. The number of aryl methyl sites for hydroxylation is 2. The Hall–Kier alpha value is -2.11. The van der Waals surface area contributed by atoms with E-state index < -0.39 is 17.6 Å². The number of benzene rings is 1. The number of amides is 1. The van der Waals surface area contributed by atoms with E-state index >= 15 is 0 Å². The summed E-state index contributed by atoms with van der Waals surface area (Å²) in [6.45, 7) is 1.72. The number of nitrogens with two attached hydrogens (primary N) is 1. The quantitative estimate of drug-likeness (QED) is 0.940. The number of hydrogen-bond acceptors (Lipinski definition) is 2. The van der Waals surface area contributed by atoms with Crippen LogP contribution < -0.4 is 5.73 Å². The second kappa shape index (κ2) is 5.11. The van der Waals surface area contributed by atoms with Gasteiger partial charge in [0.1, 0.15) is 0 Å². The summed E-state index contributed by atoms with van der Waals surface area (Å²) in [5, 5.41) is 0.461. The number of alkyl halides is 3. The molecule has 0 fully saturated rings. The highest BCUT2D eigenvalue weighted by Crippen LogP contribution is 2.34. The maximum atomic E-state index is 13.0. The Morgan fingerprint density at radius 3 is 2.65 bits per heavy atom. The Morgan fingerprint density at radius 1 is 1.35 bits per heavy atom. The highest BCUT2D eigenvalue weighted by atomic mass is 19.4. The van der Waals surface area contributed by atoms with Crippen LogP contribution in [-0.2, 0) is 17.4 Å². The van der Waals surface area contributed by atoms with Crippen molar-refractivity contribution in [1.82, 2.24) is 4.98 Å². The Balaban J connectivity index is 2.58. The third-order valence-corrected chi connectivity index (χ3v) is 3.03. The van der Waals surface area contributed by atoms with Crippen molar-refractivity contribution < 1.29 is 18.0 Å². The van der Waals surface area contributed by atoms with E-state index in [1.54, 1.807) is 19.1 Å². The zero-order valence-corrected chi connectivity index (χ0v) is 10.8.